The molecule has 11 nitrogen and oxygen atoms in total. The van der Waals surface area contributed by atoms with Gasteiger partial charge in [0.05, 0.1) is 28.1 Å². The lowest BCUT2D eigenvalue weighted by atomic mass is 10.1. The fourth-order valence-corrected chi connectivity index (χ4v) is 3.56. The van der Waals surface area contributed by atoms with Crippen molar-refractivity contribution >= 4 is 17.0 Å². The van der Waals surface area contributed by atoms with Crippen LogP contribution in [-0.2, 0) is 7.05 Å². The number of aryl methyl sites for hydroxylation is 2. The fourth-order valence-electron chi connectivity index (χ4n) is 3.56. The van der Waals surface area contributed by atoms with Gasteiger partial charge in [0, 0.05) is 26.2 Å². The van der Waals surface area contributed by atoms with E-state index in [4.69, 9.17) is 4.98 Å². The lowest BCUT2D eigenvalue weighted by Crippen LogP contribution is -2.38. The first kappa shape index (κ1) is 17.2. The second-order valence-electron chi connectivity index (χ2n) is 6.88. The third-order valence-electron chi connectivity index (χ3n) is 5.13. The number of fused-ring (bicyclic) bond motifs is 1. The molecule has 0 atom stereocenters. The molecule has 0 radical (unpaired) electrons. The van der Waals surface area contributed by atoms with Crippen LogP contribution in [0.2, 0.25) is 0 Å². The van der Waals surface area contributed by atoms with Gasteiger partial charge in [0.1, 0.15) is 29.6 Å². The van der Waals surface area contributed by atoms with E-state index in [2.05, 4.69) is 25.1 Å². The van der Waals surface area contributed by atoms with Crippen LogP contribution in [0.4, 0.5) is 11.5 Å². The van der Waals surface area contributed by atoms with E-state index in [0.29, 0.717) is 11.4 Å². The van der Waals surface area contributed by atoms with E-state index in [1.165, 1.54) is 12.3 Å². The van der Waals surface area contributed by atoms with Crippen LogP contribution in [0.5, 0.6) is 0 Å². The number of nitrogens with zero attached hydrogens (tertiary/aromatic N) is 9. The Morgan fingerprint density at radius 2 is 1.97 bits per heavy atom. The van der Waals surface area contributed by atoms with E-state index < -0.39 is 4.92 Å². The van der Waals surface area contributed by atoms with Crippen molar-refractivity contribution < 1.29 is 4.92 Å². The molecule has 5 rings (SSSR count). The monoisotopic (exact) mass is 391 g/mol. The van der Waals surface area contributed by atoms with Crippen LogP contribution in [0.1, 0.15) is 12.2 Å². The number of anilines is 1. The molecule has 0 unspecified atom stereocenters. The van der Waals surface area contributed by atoms with Crippen LogP contribution in [0.25, 0.3) is 28.2 Å². The van der Waals surface area contributed by atoms with E-state index in [1.807, 2.05) is 6.92 Å². The molecule has 1 aliphatic rings. The number of aromatic nitrogens is 7. The summed E-state index contributed by atoms with van der Waals surface area (Å²) in [7, 11) is 1.81. The van der Waals surface area contributed by atoms with Crippen molar-refractivity contribution in [1.82, 2.24) is 34.3 Å². The van der Waals surface area contributed by atoms with Gasteiger partial charge in [-0.2, -0.15) is 10.2 Å². The molecule has 11 heteroatoms. The van der Waals surface area contributed by atoms with Gasteiger partial charge in [0.2, 0.25) is 0 Å². The molecular formula is C18H17N9O2. The van der Waals surface area contributed by atoms with Crippen LogP contribution >= 0.6 is 0 Å². The molecule has 5 heterocycles. The topological polar surface area (TPSA) is 120 Å². The summed E-state index contributed by atoms with van der Waals surface area (Å²) < 4.78 is 3.48. The lowest BCUT2D eigenvalue weighted by Gasteiger charge is -2.32. The largest absolute Gasteiger partial charge is 0.355 e. The second-order valence-corrected chi connectivity index (χ2v) is 6.88. The predicted octanol–water partition coefficient (Wildman–Crippen LogP) is 2.01. The Labute approximate surface area is 164 Å². The highest BCUT2D eigenvalue weighted by Crippen LogP contribution is 2.36. The minimum Gasteiger partial charge on any atom is -0.355 e. The molecule has 4 aromatic heterocycles. The first-order valence-electron chi connectivity index (χ1n) is 9.13. The van der Waals surface area contributed by atoms with E-state index in [9.17, 15) is 10.1 Å². The molecule has 0 saturated carbocycles. The van der Waals surface area contributed by atoms with Gasteiger partial charge in [0.25, 0.3) is 5.69 Å². The SMILES string of the molecule is Cc1nc(-c2cnn(C)c2-c2ccc([N+](=O)[O-])cn2)c2c(N3CCC3)ncnn12. The summed E-state index contributed by atoms with van der Waals surface area (Å²) in [6.07, 6.45) is 5.65. The van der Waals surface area contributed by atoms with Crippen LogP contribution in [0, 0.1) is 17.0 Å². The minimum atomic E-state index is -0.468. The highest BCUT2D eigenvalue weighted by Gasteiger charge is 2.26. The fraction of sp³-hybridized carbons (Fsp3) is 0.278. The Hall–Kier alpha value is -3.89. The zero-order valence-corrected chi connectivity index (χ0v) is 15.8. The van der Waals surface area contributed by atoms with Gasteiger partial charge < -0.3 is 4.90 Å². The van der Waals surface area contributed by atoms with Gasteiger partial charge in [0.15, 0.2) is 5.82 Å². The molecule has 29 heavy (non-hydrogen) atoms. The highest BCUT2D eigenvalue weighted by molar-refractivity contribution is 5.91. The zero-order valence-electron chi connectivity index (χ0n) is 15.8. The molecule has 0 aromatic carbocycles. The number of rotatable bonds is 4. The second kappa shape index (κ2) is 6.33. The maximum atomic E-state index is 11.0. The molecular weight excluding hydrogens is 374 g/mol. The third kappa shape index (κ3) is 2.62. The first-order valence-corrected chi connectivity index (χ1v) is 9.13. The van der Waals surface area contributed by atoms with Gasteiger partial charge in [-0.05, 0) is 19.4 Å². The van der Waals surface area contributed by atoms with Gasteiger partial charge in [-0.25, -0.2) is 19.5 Å². The number of imidazole rings is 1. The van der Waals surface area contributed by atoms with Gasteiger partial charge in [-0.15, -0.1) is 0 Å². The summed E-state index contributed by atoms with van der Waals surface area (Å²) in [5.41, 5.74) is 3.55. The Morgan fingerprint density at radius 1 is 1.14 bits per heavy atom. The number of hydrogen-bond acceptors (Lipinski definition) is 8. The summed E-state index contributed by atoms with van der Waals surface area (Å²) in [6.45, 7) is 3.78. The average Bonchev–Trinajstić information content (AvgIpc) is 3.21. The normalized spacial score (nSPS) is 13.7. The van der Waals surface area contributed by atoms with Gasteiger partial charge in [-0.3, -0.25) is 14.8 Å². The maximum absolute atomic E-state index is 11.0. The maximum Gasteiger partial charge on any atom is 0.287 e. The number of pyridine rings is 1. The standard InChI is InChI=1S/C18H17N9O2/c1-11-23-15(17-18(25-6-3-7-25)20-10-22-26(11)17)13-9-21-24(2)16(13)14-5-4-12(8-19-14)27(28)29/h4-5,8-10H,3,6-7H2,1-2H3. The van der Waals surface area contributed by atoms with E-state index in [0.717, 1.165) is 47.9 Å². The molecule has 1 aliphatic heterocycles. The van der Waals surface area contributed by atoms with Crippen molar-refractivity contribution in [3.63, 3.8) is 0 Å². The summed E-state index contributed by atoms with van der Waals surface area (Å²) in [5.74, 6) is 1.58. The Bertz CT molecular complexity index is 1240. The van der Waals surface area contributed by atoms with Crippen molar-refractivity contribution in [2.24, 2.45) is 7.05 Å². The lowest BCUT2D eigenvalue weighted by molar-refractivity contribution is -0.385. The summed E-state index contributed by atoms with van der Waals surface area (Å²) in [5, 5.41) is 19.7. The average molecular weight is 391 g/mol. The number of hydrogen-bond donors (Lipinski definition) is 0. The molecule has 1 saturated heterocycles. The highest BCUT2D eigenvalue weighted by atomic mass is 16.6. The van der Waals surface area contributed by atoms with Crippen LogP contribution in [0.3, 0.4) is 0 Å². The van der Waals surface area contributed by atoms with Crippen LogP contribution in [-0.4, -0.2) is 52.4 Å². The first-order chi connectivity index (χ1) is 14.0. The minimum absolute atomic E-state index is 0.0609. The molecule has 0 aliphatic carbocycles. The predicted molar refractivity (Wildman–Crippen MR) is 104 cm³/mol. The van der Waals surface area contributed by atoms with Crippen molar-refractivity contribution in [3.05, 3.63) is 46.8 Å². The molecule has 4 aromatic rings. The molecule has 0 amide bonds. The summed E-state index contributed by atoms with van der Waals surface area (Å²) >= 11 is 0. The van der Waals surface area contributed by atoms with Crippen molar-refractivity contribution in [3.8, 4) is 22.6 Å². The van der Waals surface area contributed by atoms with E-state index in [1.54, 1.807) is 34.8 Å². The zero-order chi connectivity index (χ0) is 20.1. The molecule has 0 bridgehead atoms. The van der Waals surface area contributed by atoms with Crippen LogP contribution < -0.4 is 4.90 Å². The van der Waals surface area contributed by atoms with Gasteiger partial charge >= 0.3 is 0 Å². The van der Waals surface area contributed by atoms with Crippen molar-refractivity contribution in [2.75, 3.05) is 18.0 Å². The summed E-state index contributed by atoms with van der Waals surface area (Å²) in [4.78, 5) is 26.2. The Balaban J connectivity index is 1.72. The third-order valence-corrected chi connectivity index (χ3v) is 5.13. The van der Waals surface area contributed by atoms with Crippen molar-refractivity contribution in [2.45, 2.75) is 13.3 Å². The van der Waals surface area contributed by atoms with Gasteiger partial charge in [-0.1, -0.05) is 0 Å². The summed E-state index contributed by atoms with van der Waals surface area (Å²) in [6, 6.07) is 3.06. The van der Waals surface area contributed by atoms with E-state index >= 15 is 0 Å². The smallest absolute Gasteiger partial charge is 0.287 e. The molecule has 0 N–H and O–H groups in total. The van der Waals surface area contributed by atoms with Crippen LogP contribution in [0.15, 0.2) is 30.9 Å². The Kier molecular flexibility index (Phi) is 3.76. The molecule has 1 fully saturated rings. The number of nitro groups is 1. The molecule has 0 spiro atoms. The van der Waals surface area contributed by atoms with E-state index in [-0.39, 0.29) is 5.69 Å². The molecule has 146 valence electrons. The van der Waals surface area contributed by atoms with Crippen molar-refractivity contribution in [1.29, 1.82) is 0 Å². The quantitative estimate of drug-likeness (QED) is 0.383. The Morgan fingerprint density at radius 3 is 2.62 bits per heavy atom.